The van der Waals surface area contributed by atoms with Crippen LogP contribution in [0.2, 0.25) is 0 Å². The number of rotatable bonds is 4. The van der Waals surface area contributed by atoms with Crippen LogP contribution in [0.25, 0.3) is 0 Å². The van der Waals surface area contributed by atoms with Gasteiger partial charge in [-0.2, -0.15) is 0 Å². The standard InChI is InChI=1S/C31H46O9/c1-29-9-7-19(40-23-11-17(14-32)26(35)28(37)27(23)36)12-18(29)4-5-21-20(29)8-10-30(2)25(22(33)13-31(21,30)38)16-3-6-24(34)39-15-16/h3,6,15,17-23,25-28,32-33,35-38H,4-5,7-14H2,1-2H3/t17-,18+,19+,20+,21-,22+,23-,25+,26-,27+,28+,29+,30-,31+/m1/s1. The van der Waals surface area contributed by atoms with Crippen LogP contribution in [0.1, 0.15) is 83.1 Å². The summed E-state index contributed by atoms with van der Waals surface area (Å²) in [6.07, 6.45) is 3.13. The van der Waals surface area contributed by atoms with Crippen molar-refractivity contribution in [2.24, 2.45) is 34.5 Å². The molecule has 0 aliphatic heterocycles. The Hall–Kier alpha value is -1.33. The third kappa shape index (κ3) is 4.18. The average Bonchev–Trinajstić information content (AvgIpc) is 3.14. The van der Waals surface area contributed by atoms with E-state index in [9.17, 15) is 35.4 Å². The summed E-state index contributed by atoms with van der Waals surface area (Å²) < 4.78 is 11.5. The first-order chi connectivity index (χ1) is 18.9. The molecule has 0 saturated heterocycles. The molecule has 9 heteroatoms. The number of fused-ring (bicyclic) bond motifs is 5. The summed E-state index contributed by atoms with van der Waals surface area (Å²) in [5, 5.41) is 64.4. The Balaban J connectivity index is 1.18. The molecule has 5 saturated carbocycles. The molecule has 5 aliphatic carbocycles. The van der Waals surface area contributed by atoms with Crippen LogP contribution in [0.15, 0.2) is 27.6 Å². The summed E-state index contributed by atoms with van der Waals surface area (Å²) in [4.78, 5) is 11.6. The summed E-state index contributed by atoms with van der Waals surface area (Å²) in [6, 6.07) is 3.12. The Morgan fingerprint density at radius 2 is 1.73 bits per heavy atom. The summed E-state index contributed by atoms with van der Waals surface area (Å²) in [7, 11) is 0. The van der Waals surface area contributed by atoms with Crippen LogP contribution < -0.4 is 5.63 Å². The number of hydrogen-bond donors (Lipinski definition) is 6. The maximum Gasteiger partial charge on any atom is 0.335 e. The lowest BCUT2D eigenvalue weighted by atomic mass is 9.43. The zero-order chi connectivity index (χ0) is 28.6. The minimum atomic E-state index is -1.34. The Morgan fingerprint density at radius 1 is 0.950 bits per heavy atom. The lowest BCUT2D eigenvalue weighted by molar-refractivity contribution is -0.221. The van der Waals surface area contributed by atoms with Gasteiger partial charge in [0.15, 0.2) is 0 Å². The first-order valence-electron chi connectivity index (χ1n) is 15.2. The molecule has 0 bridgehead atoms. The van der Waals surface area contributed by atoms with Crippen molar-refractivity contribution < 1.29 is 39.8 Å². The highest BCUT2D eigenvalue weighted by Gasteiger charge is 2.69. The maximum atomic E-state index is 12.4. The van der Waals surface area contributed by atoms with Crippen LogP contribution in [0, 0.1) is 34.5 Å². The molecule has 0 radical (unpaired) electrons. The van der Waals surface area contributed by atoms with E-state index in [1.54, 1.807) is 6.07 Å². The van der Waals surface area contributed by atoms with Crippen molar-refractivity contribution >= 4 is 0 Å². The van der Waals surface area contributed by atoms with Gasteiger partial charge in [-0.05, 0) is 86.2 Å². The van der Waals surface area contributed by atoms with E-state index in [0.717, 1.165) is 50.5 Å². The highest BCUT2D eigenvalue weighted by atomic mass is 16.5. The van der Waals surface area contributed by atoms with Crippen LogP contribution in [-0.4, -0.2) is 79.5 Å². The minimum absolute atomic E-state index is 0.0247. The molecule has 1 aromatic rings. The van der Waals surface area contributed by atoms with Gasteiger partial charge in [-0.15, -0.1) is 0 Å². The quantitative estimate of drug-likeness (QED) is 0.321. The molecule has 5 aliphatic rings. The van der Waals surface area contributed by atoms with Crippen molar-refractivity contribution in [3.8, 4) is 0 Å². The summed E-state index contributed by atoms with van der Waals surface area (Å²) in [6.45, 7) is 4.20. The molecule has 1 heterocycles. The first-order valence-corrected chi connectivity index (χ1v) is 15.2. The maximum absolute atomic E-state index is 12.4. The predicted octanol–water partition coefficient (Wildman–Crippen LogP) is 1.70. The number of hydrogen-bond acceptors (Lipinski definition) is 9. The van der Waals surface area contributed by atoms with Crippen molar-refractivity contribution in [2.75, 3.05) is 6.61 Å². The van der Waals surface area contributed by atoms with Gasteiger partial charge in [-0.25, -0.2) is 4.79 Å². The minimum Gasteiger partial charge on any atom is -0.431 e. The van der Waals surface area contributed by atoms with E-state index in [2.05, 4.69) is 13.8 Å². The Labute approximate surface area is 235 Å². The second-order valence-electron chi connectivity index (χ2n) is 14.2. The molecule has 6 N–H and O–H groups in total. The molecule has 9 nitrogen and oxygen atoms in total. The third-order valence-corrected chi connectivity index (χ3v) is 12.6. The SMILES string of the molecule is C[C@]12CC[C@H](O[C@@H]3C[C@H](CO)[C@@H](O)[C@H](O)[C@H]3O)C[C@@H]1CC[C@@H]1[C@@H]2CC[C@]2(C)[C@@H](c3ccc(=O)oc3)[C@@H](O)C[C@]12O. The van der Waals surface area contributed by atoms with E-state index in [1.807, 2.05) is 0 Å². The smallest absolute Gasteiger partial charge is 0.335 e. The van der Waals surface area contributed by atoms with Gasteiger partial charge in [-0.3, -0.25) is 0 Å². The van der Waals surface area contributed by atoms with E-state index in [1.165, 1.54) is 12.3 Å². The predicted molar refractivity (Wildman–Crippen MR) is 144 cm³/mol. The lowest BCUT2D eigenvalue weighted by Gasteiger charge is -2.63. The Morgan fingerprint density at radius 3 is 2.42 bits per heavy atom. The van der Waals surface area contributed by atoms with E-state index < -0.39 is 53.1 Å². The molecule has 40 heavy (non-hydrogen) atoms. The molecule has 1 aromatic heterocycles. The molecule has 5 fully saturated rings. The number of ether oxygens (including phenoxy) is 1. The molecule has 224 valence electrons. The van der Waals surface area contributed by atoms with E-state index in [0.29, 0.717) is 24.7 Å². The summed E-state index contributed by atoms with van der Waals surface area (Å²) >= 11 is 0. The second kappa shape index (κ2) is 10.1. The molecular weight excluding hydrogens is 516 g/mol. The van der Waals surface area contributed by atoms with Gasteiger partial charge >= 0.3 is 5.63 Å². The molecule has 0 amide bonds. The van der Waals surface area contributed by atoms with Gasteiger partial charge in [0.2, 0.25) is 0 Å². The second-order valence-corrected chi connectivity index (χ2v) is 14.2. The van der Waals surface area contributed by atoms with E-state index in [-0.39, 0.29) is 30.0 Å². The van der Waals surface area contributed by atoms with Crippen molar-refractivity contribution in [1.82, 2.24) is 0 Å². The van der Waals surface area contributed by atoms with Gasteiger partial charge in [0.05, 0.1) is 36.3 Å². The van der Waals surface area contributed by atoms with Crippen LogP contribution in [0.4, 0.5) is 0 Å². The fraction of sp³-hybridized carbons (Fsp3) is 0.839. The monoisotopic (exact) mass is 562 g/mol. The van der Waals surface area contributed by atoms with Crippen molar-refractivity contribution in [2.45, 2.75) is 120 Å². The fourth-order valence-electron chi connectivity index (χ4n) is 10.3. The lowest BCUT2D eigenvalue weighted by Crippen LogP contribution is -2.62. The molecule has 0 aromatic carbocycles. The summed E-state index contributed by atoms with van der Waals surface area (Å²) in [5.74, 6) is -0.0299. The van der Waals surface area contributed by atoms with Gasteiger partial charge in [-0.1, -0.05) is 13.8 Å². The van der Waals surface area contributed by atoms with Crippen molar-refractivity contribution in [3.63, 3.8) is 0 Å². The van der Waals surface area contributed by atoms with Crippen molar-refractivity contribution in [3.05, 3.63) is 34.4 Å². The molecule has 0 unspecified atom stereocenters. The van der Waals surface area contributed by atoms with Gasteiger partial charge in [0, 0.05) is 36.3 Å². The molecule has 14 atom stereocenters. The molecule has 6 rings (SSSR count). The van der Waals surface area contributed by atoms with E-state index >= 15 is 0 Å². The fourth-order valence-corrected chi connectivity index (χ4v) is 10.3. The Kier molecular flexibility index (Phi) is 7.30. The molecule has 0 spiro atoms. The van der Waals surface area contributed by atoms with Crippen molar-refractivity contribution in [1.29, 1.82) is 0 Å². The number of aliphatic hydroxyl groups excluding tert-OH is 5. The highest BCUT2D eigenvalue weighted by molar-refractivity contribution is 5.29. The average molecular weight is 563 g/mol. The normalized spacial score (nSPS) is 52.5. The van der Waals surface area contributed by atoms with Crippen LogP contribution in [0.5, 0.6) is 0 Å². The largest absolute Gasteiger partial charge is 0.431 e. The molecular formula is C31H46O9. The zero-order valence-corrected chi connectivity index (χ0v) is 23.6. The highest BCUT2D eigenvalue weighted by Crippen LogP contribution is 2.70. The first kappa shape index (κ1) is 28.8. The van der Waals surface area contributed by atoms with Gasteiger partial charge in [0.1, 0.15) is 12.2 Å². The third-order valence-electron chi connectivity index (χ3n) is 12.6. The topological polar surface area (TPSA) is 161 Å². The zero-order valence-electron chi connectivity index (χ0n) is 23.6. The van der Waals surface area contributed by atoms with Crippen LogP contribution in [-0.2, 0) is 4.74 Å². The van der Waals surface area contributed by atoms with E-state index in [4.69, 9.17) is 9.15 Å². The van der Waals surface area contributed by atoms with Gasteiger partial charge in [0.25, 0.3) is 0 Å². The van der Waals surface area contributed by atoms with Crippen LogP contribution >= 0.6 is 0 Å². The van der Waals surface area contributed by atoms with Gasteiger partial charge < -0.3 is 39.8 Å². The van der Waals surface area contributed by atoms with Crippen LogP contribution in [0.3, 0.4) is 0 Å². The summed E-state index contributed by atoms with van der Waals surface area (Å²) in [5.41, 5.74) is -1.17. The number of aliphatic hydroxyl groups is 6. The Bertz CT molecular complexity index is 1120.